The van der Waals surface area contributed by atoms with Gasteiger partial charge in [-0.25, -0.2) is 0 Å². The van der Waals surface area contributed by atoms with E-state index in [4.69, 9.17) is 28.4 Å². The van der Waals surface area contributed by atoms with Gasteiger partial charge in [-0.05, 0) is 97.4 Å². The third-order valence-corrected chi connectivity index (χ3v) is 18.8. The predicted molar refractivity (Wildman–Crippen MR) is 230 cm³/mol. The fraction of sp³-hybridized carbons (Fsp3) is 0.917. The Kier molecular flexibility index (Phi) is 13.6. The zero-order chi connectivity index (χ0) is 47.6. The van der Waals surface area contributed by atoms with Crippen LogP contribution in [0.15, 0.2) is 23.3 Å². The van der Waals surface area contributed by atoms with Crippen molar-refractivity contribution < 1.29 is 84.6 Å². The molecule has 3 saturated heterocycles. The van der Waals surface area contributed by atoms with Crippen molar-refractivity contribution in [1.29, 1.82) is 0 Å². The summed E-state index contributed by atoms with van der Waals surface area (Å²) in [4.78, 5) is 0. The van der Waals surface area contributed by atoms with E-state index in [0.29, 0.717) is 12.8 Å². The molecular weight excluding hydrogens is 849 g/mol. The maximum Gasteiger partial charge on any atom is 0.187 e. The average molecular weight is 927 g/mol. The van der Waals surface area contributed by atoms with Gasteiger partial charge in [-0.15, -0.1) is 0 Å². The fourth-order valence-electron chi connectivity index (χ4n) is 14.4. The number of ether oxygens (including phenoxy) is 6. The lowest BCUT2D eigenvalue weighted by Gasteiger charge is -2.70. The maximum atomic E-state index is 12.0. The van der Waals surface area contributed by atoms with Crippen LogP contribution in [0.25, 0.3) is 0 Å². The summed E-state index contributed by atoms with van der Waals surface area (Å²) >= 11 is 0. The van der Waals surface area contributed by atoms with Gasteiger partial charge in [0.2, 0.25) is 0 Å². The molecule has 8 rings (SSSR count). The van der Waals surface area contributed by atoms with Gasteiger partial charge in [-0.2, -0.15) is 0 Å². The summed E-state index contributed by atoms with van der Waals surface area (Å²) in [5.74, 6) is 0.365. The van der Waals surface area contributed by atoms with E-state index in [2.05, 4.69) is 60.6 Å². The van der Waals surface area contributed by atoms with Gasteiger partial charge in [0.15, 0.2) is 18.9 Å². The first-order chi connectivity index (χ1) is 30.3. The van der Waals surface area contributed by atoms with E-state index >= 15 is 0 Å². The molecule has 0 aromatic rings. The van der Waals surface area contributed by atoms with Crippen LogP contribution in [0.5, 0.6) is 0 Å². The van der Waals surface area contributed by atoms with Gasteiger partial charge in [-0.1, -0.05) is 66.2 Å². The highest BCUT2D eigenvalue weighted by Crippen LogP contribution is 2.74. The van der Waals surface area contributed by atoms with Gasteiger partial charge in [0.25, 0.3) is 0 Å². The lowest BCUT2D eigenvalue weighted by Crippen LogP contribution is -2.66. The quantitative estimate of drug-likeness (QED) is 0.141. The van der Waals surface area contributed by atoms with Crippen LogP contribution in [0.3, 0.4) is 0 Å². The standard InChI is InChI=1S/C48H78O17/c1-22-31(52)33(54)36(57)41(61-22)65-39-25(19-49)62-40(38(59)35(39)56)60-20-26-32(53)34(55)37(58)42(63-26)64-30-12-13-45(6)27(44(30,4)5)11-14-46(7)28(45)10-9-23-24-17-43(2,3)15-16-48(24,21-50)29(51)18-47(23,46)8/h9-10,22,25-42,49-59H,11-21H2,1-8H3/t22-,25-,26-,27+,28-,29-,30+,31+,32-,33-,34+,35-,36-,37-,38-,39-,40-,41+,42+,45+,46-,47-,48-/m1/s1. The lowest BCUT2D eigenvalue weighted by molar-refractivity contribution is -0.365. The second-order valence-electron chi connectivity index (χ2n) is 23.3. The van der Waals surface area contributed by atoms with Gasteiger partial charge >= 0.3 is 0 Å². The molecule has 0 aromatic heterocycles. The highest BCUT2D eigenvalue weighted by atomic mass is 16.8. The van der Waals surface area contributed by atoms with Crippen molar-refractivity contribution in [2.75, 3.05) is 19.8 Å². The van der Waals surface area contributed by atoms with Crippen LogP contribution in [-0.2, 0) is 28.4 Å². The predicted octanol–water partition coefficient (Wildman–Crippen LogP) is 0.532. The zero-order valence-electron chi connectivity index (χ0n) is 39.3. The Morgan fingerprint density at radius 1 is 0.662 bits per heavy atom. The summed E-state index contributed by atoms with van der Waals surface area (Å²) in [5.41, 5.74) is 0.937. The van der Waals surface area contributed by atoms with E-state index in [-0.39, 0.29) is 40.1 Å². The second-order valence-corrected chi connectivity index (χ2v) is 23.3. The Hall–Kier alpha value is -1.20. The highest BCUT2D eigenvalue weighted by molar-refractivity contribution is 5.47. The van der Waals surface area contributed by atoms with Crippen molar-refractivity contribution in [3.63, 3.8) is 0 Å². The lowest BCUT2D eigenvalue weighted by atomic mass is 9.35. The van der Waals surface area contributed by atoms with Crippen LogP contribution in [0.4, 0.5) is 0 Å². The third kappa shape index (κ3) is 7.87. The van der Waals surface area contributed by atoms with Crippen LogP contribution < -0.4 is 0 Å². The molecule has 0 bridgehead atoms. The van der Waals surface area contributed by atoms with E-state index in [1.165, 1.54) is 18.1 Å². The van der Waals surface area contributed by atoms with Crippen molar-refractivity contribution >= 4 is 0 Å². The Balaban J connectivity index is 0.950. The third-order valence-electron chi connectivity index (χ3n) is 18.8. The molecule has 17 nitrogen and oxygen atoms in total. The van der Waals surface area contributed by atoms with Crippen molar-refractivity contribution in [1.82, 2.24) is 0 Å². The summed E-state index contributed by atoms with van der Waals surface area (Å²) < 4.78 is 35.5. The topological polar surface area (TPSA) is 278 Å². The Bertz CT molecular complexity index is 1790. The summed E-state index contributed by atoms with van der Waals surface area (Å²) in [7, 11) is 0. The van der Waals surface area contributed by atoms with Gasteiger partial charge in [-0.3, -0.25) is 0 Å². The minimum Gasteiger partial charge on any atom is -0.395 e. The van der Waals surface area contributed by atoms with Crippen LogP contribution in [0.1, 0.15) is 107 Å². The van der Waals surface area contributed by atoms with Crippen LogP contribution in [0, 0.1) is 44.3 Å². The maximum absolute atomic E-state index is 12.0. The monoisotopic (exact) mass is 927 g/mol. The van der Waals surface area contributed by atoms with Crippen LogP contribution in [-0.4, -0.2) is 180 Å². The van der Waals surface area contributed by atoms with E-state index in [1.807, 2.05) is 0 Å². The first kappa shape index (κ1) is 50.2. The molecule has 11 N–H and O–H groups in total. The molecule has 17 heteroatoms. The molecule has 372 valence electrons. The molecular formula is C48H78O17. The first-order valence-electron chi connectivity index (χ1n) is 24.0. The number of fused-ring (bicyclic) bond motifs is 6. The van der Waals surface area contributed by atoms with Crippen molar-refractivity contribution in [2.45, 2.75) is 211 Å². The SMILES string of the molecule is C[C@H]1O[C@@H](O[C@H]2[C@H](O)[C@@H](O)[C@H](OC[C@H]3O[C@@H](O[C@H]4CC[C@]5(C)[C@H]6C=CC7=C8CC(C)(C)CC[C@]8(CO)[C@H](O)C[C@@]7(C)[C@]6(C)CC[C@H]5C4(C)C)[C@H](O)[C@@H](O)[C@@H]3O)O[C@@H]2CO)[C@H](O)[C@H](O)[C@H]1O. The zero-order valence-corrected chi connectivity index (χ0v) is 39.3. The summed E-state index contributed by atoms with van der Waals surface area (Å²) in [6.45, 7) is 16.3. The molecule has 0 aromatic carbocycles. The van der Waals surface area contributed by atoms with Crippen LogP contribution in [0.2, 0.25) is 0 Å². The van der Waals surface area contributed by atoms with Crippen molar-refractivity contribution in [3.8, 4) is 0 Å². The van der Waals surface area contributed by atoms with E-state index in [1.54, 1.807) is 0 Å². The molecule has 6 fully saturated rings. The molecule has 3 aliphatic heterocycles. The smallest absolute Gasteiger partial charge is 0.187 e. The molecule has 0 spiro atoms. The molecule has 0 radical (unpaired) electrons. The second kappa shape index (κ2) is 17.6. The molecule has 8 aliphatic rings. The number of aliphatic hydroxyl groups is 11. The first-order valence-corrected chi connectivity index (χ1v) is 24.0. The molecule has 23 atom stereocenters. The van der Waals surface area contributed by atoms with Gasteiger partial charge < -0.3 is 84.6 Å². The summed E-state index contributed by atoms with van der Waals surface area (Å²) in [6.07, 6.45) is -12.7. The summed E-state index contributed by atoms with van der Waals surface area (Å²) in [6, 6.07) is 0. The van der Waals surface area contributed by atoms with Gasteiger partial charge in [0.05, 0.1) is 38.1 Å². The Labute approximate surface area is 382 Å². The Morgan fingerprint density at radius 2 is 1.29 bits per heavy atom. The van der Waals surface area contributed by atoms with Gasteiger partial charge in [0.1, 0.15) is 67.1 Å². The van der Waals surface area contributed by atoms with E-state index in [0.717, 1.165) is 38.5 Å². The number of hydrogen-bond donors (Lipinski definition) is 11. The van der Waals surface area contributed by atoms with Crippen molar-refractivity contribution in [2.24, 2.45) is 44.3 Å². The van der Waals surface area contributed by atoms with Crippen LogP contribution >= 0.6 is 0 Å². The highest BCUT2D eigenvalue weighted by Gasteiger charge is 2.68. The number of rotatable bonds is 9. The largest absolute Gasteiger partial charge is 0.395 e. The van der Waals surface area contributed by atoms with E-state index < -0.39 is 128 Å². The average Bonchev–Trinajstić information content (AvgIpc) is 3.24. The minimum absolute atomic E-state index is 0.0555. The molecule has 3 saturated carbocycles. The number of aliphatic hydroxyl groups excluding tert-OH is 11. The molecule has 3 heterocycles. The Morgan fingerprint density at radius 3 is 1.95 bits per heavy atom. The molecule has 0 amide bonds. The normalized spacial score (nSPS) is 54.0. The number of hydrogen-bond acceptors (Lipinski definition) is 17. The molecule has 5 aliphatic carbocycles. The molecule has 65 heavy (non-hydrogen) atoms. The number of allylic oxidation sites excluding steroid dienone is 3. The van der Waals surface area contributed by atoms with E-state index in [9.17, 15) is 56.2 Å². The summed E-state index contributed by atoms with van der Waals surface area (Å²) in [5, 5.41) is 119. The van der Waals surface area contributed by atoms with Crippen molar-refractivity contribution in [3.05, 3.63) is 23.3 Å². The molecule has 0 unspecified atom stereocenters. The minimum atomic E-state index is -1.80. The fourth-order valence-corrected chi connectivity index (χ4v) is 14.4. The van der Waals surface area contributed by atoms with Gasteiger partial charge in [0, 0.05) is 10.8 Å².